The fourth-order valence-electron chi connectivity index (χ4n) is 2.15. The number of benzene rings is 1. The van der Waals surface area contributed by atoms with Crippen LogP contribution in [0.15, 0.2) is 44.3 Å². The Morgan fingerprint density at radius 3 is 2.55 bits per heavy atom. The zero-order chi connectivity index (χ0) is 14.4. The second-order valence-corrected chi connectivity index (χ2v) is 4.55. The van der Waals surface area contributed by atoms with Gasteiger partial charge >= 0.3 is 5.69 Å². The van der Waals surface area contributed by atoms with Gasteiger partial charge in [-0.2, -0.15) is 0 Å². The third kappa shape index (κ3) is 1.69. The molecule has 1 aromatic carbocycles. The van der Waals surface area contributed by atoms with E-state index in [1.54, 1.807) is 12.1 Å². The maximum absolute atomic E-state index is 13.2. The summed E-state index contributed by atoms with van der Waals surface area (Å²) in [7, 11) is 2.92. The van der Waals surface area contributed by atoms with E-state index < -0.39 is 17.1 Å². The van der Waals surface area contributed by atoms with Crippen LogP contribution in [0.2, 0.25) is 0 Å². The summed E-state index contributed by atoms with van der Waals surface area (Å²) in [5, 5.41) is 0.286. The smallest absolute Gasteiger partial charge is 0.333 e. The Labute approximate surface area is 112 Å². The number of rotatable bonds is 1. The highest BCUT2D eigenvalue weighted by atomic mass is 19.1. The summed E-state index contributed by atoms with van der Waals surface area (Å²) in [6, 6.07) is 7.37. The molecule has 0 atom stereocenters. The summed E-state index contributed by atoms with van der Waals surface area (Å²) in [5.74, 6) is -0.0532. The average molecular weight is 274 g/mol. The Kier molecular flexibility index (Phi) is 2.60. The molecule has 0 radical (unpaired) electrons. The fourth-order valence-corrected chi connectivity index (χ4v) is 2.15. The van der Waals surface area contributed by atoms with Gasteiger partial charge in [0.15, 0.2) is 0 Å². The molecule has 102 valence electrons. The number of aromatic nitrogens is 2. The molecule has 0 aliphatic carbocycles. The lowest BCUT2D eigenvalue weighted by atomic mass is 10.1. The van der Waals surface area contributed by atoms with Crippen molar-refractivity contribution < 1.29 is 8.81 Å². The minimum atomic E-state index is -0.470. The maximum atomic E-state index is 13.2. The molecule has 0 fully saturated rings. The molecule has 0 unspecified atom stereocenters. The van der Waals surface area contributed by atoms with Gasteiger partial charge in [-0.1, -0.05) is 12.1 Å². The van der Waals surface area contributed by atoms with Crippen LogP contribution < -0.4 is 11.2 Å². The van der Waals surface area contributed by atoms with Gasteiger partial charge in [-0.3, -0.25) is 13.9 Å². The first-order valence-electron chi connectivity index (χ1n) is 5.94. The molecular weight excluding hydrogens is 263 g/mol. The van der Waals surface area contributed by atoms with Crippen molar-refractivity contribution in [2.75, 3.05) is 0 Å². The summed E-state index contributed by atoms with van der Waals surface area (Å²) in [4.78, 5) is 23.8. The second-order valence-electron chi connectivity index (χ2n) is 4.55. The van der Waals surface area contributed by atoms with Gasteiger partial charge in [0.05, 0.1) is 0 Å². The van der Waals surface area contributed by atoms with E-state index in [0.717, 1.165) is 4.57 Å². The zero-order valence-electron chi connectivity index (χ0n) is 10.9. The molecule has 0 N–H and O–H groups in total. The molecule has 0 amide bonds. The van der Waals surface area contributed by atoms with Crippen molar-refractivity contribution in [2.24, 2.45) is 14.1 Å². The van der Waals surface area contributed by atoms with E-state index >= 15 is 0 Å². The van der Waals surface area contributed by atoms with Crippen LogP contribution in [0.1, 0.15) is 0 Å². The first kappa shape index (κ1) is 12.4. The van der Waals surface area contributed by atoms with Gasteiger partial charge in [0, 0.05) is 19.7 Å². The highest BCUT2D eigenvalue weighted by Crippen LogP contribution is 2.25. The van der Waals surface area contributed by atoms with Gasteiger partial charge in [0.2, 0.25) is 5.71 Å². The molecule has 0 spiro atoms. The molecule has 3 aromatic rings. The molecule has 0 aliphatic rings. The number of hydrogen-bond acceptors (Lipinski definition) is 3. The van der Waals surface area contributed by atoms with Gasteiger partial charge in [-0.15, -0.1) is 0 Å². The lowest BCUT2D eigenvalue weighted by Gasteiger charge is -2.01. The molecule has 20 heavy (non-hydrogen) atoms. The number of hydrogen-bond donors (Lipinski definition) is 0. The van der Waals surface area contributed by atoms with Gasteiger partial charge in [-0.25, -0.2) is 9.18 Å². The predicted octanol–water partition coefficient (Wildman–Crippen LogP) is 1.64. The minimum Gasteiger partial charge on any atom is -0.439 e. The van der Waals surface area contributed by atoms with Crippen molar-refractivity contribution in [3.8, 4) is 11.3 Å². The van der Waals surface area contributed by atoms with Crippen LogP contribution in [0.25, 0.3) is 22.4 Å². The third-order valence-electron chi connectivity index (χ3n) is 3.24. The molecule has 3 rings (SSSR count). The van der Waals surface area contributed by atoms with Crippen molar-refractivity contribution in [3.63, 3.8) is 0 Å². The third-order valence-corrected chi connectivity index (χ3v) is 3.24. The summed E-state index contributed by atoms with van der Waals surface area (Å²) in [6.45, 7) is 0. The van der Waals surface area contributed by atoms with Crippen LogP contribution in [-0.2, 0) is 14.1 Å². The lowest BCUT2D eigenvalue weighted by Crippen LogP contribution is -2.36. The van der Waals surface area contributed by atoms with Gasteiger partial charge in [0.1, 0.15) is 17.0 Å². The first-order chi connectivity index (χ1) is 9.49. The van der Waals surface area contributed by atoms with E-state index in [9.17, 15) is 14.0 Å². The second kappa shape index (κ2) is 4.19. The molecule has 0 aliphatic heterocycles. The summed E-state index contributed by atoms with van der Waals surface area (Å²) < 4.78 is 21.0. The Balaban J connectivity index is 2.37. The molecule has 2 heterocycles. The number of halogens is 1. The van der Waals surface area contributed by atoms with Crippen LogP contribution in [0.5, 0.6) is 0 Å². The Hall–Kier alpha value is -2.63. The van der Waals surface area contributed by atoms with Crippen molar-refractivity contribution >= 4 is 11.1 Å². The number of aryl methyl sites for hydroxylation is 1. The SMILES string of the molecule is Cn1c(=O)c2cc(-c3cccc(F)c3)oc2n(C)c1=O. The maximum Gasteiger partial charge on any atom is 0.333 e. The zero-order valence-corrected chi connectivity index (χ0v) is 10.9. The van der Waals surface area contributed by atoms with E-state index in [0.29, 0.717) is 11.3 Å². The number of nitrogens with zero attached hydrogens (tertiary/aromatic N) is 2. The van der Waals surface area contributed by atoms with Crippen LogP contribution in [-0.4, -0.2) is 9.13 Å². The monoisotopic (exact) mass is 274 g/mol. The van der Waals surface area contributed by atoms with Crippen LogP contribution >= 0.6 is 0 Å². The highest BCUT2D eigenvalue weighted by molar-refractivity contribution is 5.79. The van der Waals surface area contributed by atoms with Crippen LogP contribution in [0.3, 0.4) is 0 Å². The first-order valence-corrected chi connectivity index (χ1v) is 5.94. The van der Waals surface area contributed by atoms with Gasteiger partial charge < -0.3 is 4.42 Å². The Morgan fingerprint density at radius 1 is 1.10 bits per heavy atom. The van der Waals surface area contributed by atoms with E-state index in [1.165, 1.54) is 36.9 Å². The molecule has 0 saturated carbocycles. The molecule has 6 heteroatoms. The molecular formula is C14H11FN2O3. The molecule has 2 aromatic heterocycles. The summed E-state index contributed by atoms with van der Waals surface area (Å²) in [6.07, 6.45) is 0. The normalized spacial score (nSPS) is 11.2. The fraction of sp³-hybridized carbons (Fsp3) is 0.143. The number of fused-ring (bicyclic) bond motifs is 1. The number of furan rings is 1. The summed E-state index contributed by atoms with van der Waals surface area (Å²) in [5.41, 5.74) is -0.217. The average Bonchev–Trinajstić information content (AvgIpc) is 2.88. The standard InChI is InChI=1S/C14H11FN2O3/c1-16-12(18)10-7-11(8-4-3-5-9(15)6-8)20-13(10)17(2)14(16)19/h3-7H,1-2H3. The van der Waals surface area contributed by atoms with E-state index in [2.05, 4.69) is 0 Å². The van der Waals surface area contributed by atoms with E-state index in [-0.39, 0.29) is 11.1 Å². The molecule has 0 saturated heterocycles. The largest absolute Gasteiger partial charge is 0.439 e. The van der Waals surface area contributed by atoms with E-state index in [4.69, 9.17) is 4.42 Å². The lowest BCUT2D eigenvalue weighted by molar-refractivity contribution is 0.573. The van der Waals surface area contributed by atoms with Crippen molar-refractivity contribution in [2.45, 2.75) is 0 Å². The van der Waals surface area contributed by atoms with Crippen molar-refractivity contribution in [1.29, 1.82) is 0 Å². The Bertz CT molecular complexity index is 934. The molecule has 5 nitrogen and oxygen atoms in total. The topological polar surface area (TPSA) is 57.1 Å². The minimum absolute atomic E-state index is 0.178. The van der Waals surface area contributed by atoms with Gasteiger partial charge in [0.25, 0.3) is 5.56 Å². The highest BCUT2D eigenvalue weighted by Gasteiger charge is 2.15. The van der Waals surface area contributed by atoms with Gasteiger partial charge in [-0.05, 0) is 18.2 Å². The van der Waals surface area contributed by atoms with Crippen molar-refractivity contribution in [1.82, 2.24) is 9.13 Å². The van der Waals surface area contributed by atoms with Crippen LogP contribution in [0, 0.1) is 5.82 Å². The van der Waals surface area contributed by atoms with E-state index in [1.807, 2.05) is 0 Å². The predicted molar refractivity (Wildman–Crippen MR) is 72.1 cm³/mol. The Morgan fingerprint density at radius 2 is 1.85 bits per heavy atom. The van der Waals surface area contributed by atoms with Crippen molar-refractivity contribution in [3.05, 3.63) is 57.0 Å². The summed E-state index contributed by atoms with van der Waals surface area (Å²) >= 11 is 0. The quantitative estimate of drug-likeness (QED) is 0.677. The van der Waals surface area contributed by atoms with Crippen LogP contribution in [0.4, 0.5) is 4.39 Å². The molecule has 0 bridgehead atoms.